The van der Waals surface area contributed by atoms with Crippen LogP contribution in [-0.4, -0.2) is 49.2 Å². The number of carbonyl (C=O) groups excluding carboxylic acids is 1. The Morgan fingerprint density at radius 2 is 1.11 bits per heavy atom. The highest BCUT2D eigenvalue weighted by atomic mass is 16.4. The Morgan fingerprint density at radius 1 is 0.686 bits per heavy atom. The Kier molecular flexibility index (Phi) is 6.38. The first-order valence-electron chi connectivity index (χ1n) is 10.3. The molecule has 0 amide bonds. The molecule has 3 rings (SSSR count). The summed E-state index contributed by atoms with van der Waals surface area (Å²) in [4.78, 5) is 47.9. The van der Waals surface area contributed by atoms with Crippen molar-refractivity contribution in [2.75, 3.05) is 0 Å². The molecule has 9 heteroatoms. The van der Waals surface area contributed by atoms with Gasteiger partial charge in [-0.05, 0) is 103 Å². The van der Waals surface area contributed by atoms with E-state index in [0.717, 1.165) is 6.08 Å². The van der Waals surface area contributed by atoms with E-state index in [1.165, 1.54) is 45.0 Å². The maximum absolute atomic E-state index is 12.4. The minimum atomic E-state index is -1.45. The molecule has 0 aromatic heterocycles. The third-order valence-electron chi connectivity index (χ3n) is 5.84. The number of aromatic hydroxyl groups is 2. The standard InChI is InChI=1S/C26H22O9/c1-10-7-18(27)20(26(34)35)13(4)19(10)21(14-5-11(2)22(28)16(8-14)24(30)31)15-6-12(3)23(29)17(9-15)25(32)33/h5-9,28-29H,1-4H3,(H,30,31)(H,32,33)(H,34,35). The summed E-state index contributed by atoms with van der Waals surface area (Å²) in [6.07, 6.45) is 1.14. The van der Waals surface area contributed by atoms with E-state index in [9.17, 15) is 44.7 Å². The second kappa shape index (κ2) is 8.94. The van der Waals surface area contributed by atoms with E-state index >= 15 is 0 Å². The summed E-state index contributed by atoms with van der Waals surface area (Å²) in [5.74, 6) is -5.89. The summed E-state index contributed by atoms with van der Waals surface area (Å²) >= 11 is 0. The number of aliphatic carboxylic acids is 1. The highest BCUT2D eigenvalue weighted by Gasteiger charge is 2.30. The summed E-state index contributed by atoms with van der Waals surface area (Å²) < 4.78 is 0. The number of phenols is 2. The quantitative estimate of drug-likeness (QED) is 0.401. The van der Waals surface area contributed by atoms with Crippen molar-refractivity contribution in [3.63, 3.8) is 0 Å². The predicted molar refractivity (Wildman–Crippen MR) is 125 cm³/mol. The molecule has 2 aromatic rings. The Hall–Kier alpha value is -4.66. The van der Waals surface area contributed by atoms with Crippen LogP contribution in [0.4, 0.5) is 0 Å². The number of ketones is 1. The van der Waals surface area contributed by atoms with Crippen molar-refractivity contribution in [3.05, 3.63) is 86.0 Å². The van der Waals surface area contributed by atoms with Crippen LogP contribution in [0.3, 0.4) is 0 Å². The molecule has 0 fully saturated rings. The molecular weight excluding hydrogens is 456 g/mol. The van der Waals surface area contributed by atoms with Crippen molar-refractivity contribution >= 4 is 29.3 Å². The van der Waals surface area contributed by atoms with Crippen molar-refractivity contribution in [1.29, 1.82) is 0 Å². The zero-order valence-electron chi connectivity index (χ0n) is 19.3. The number of allylic oxidation sites excluding steroid dienone is 4. The normalized spacial score (nSPS) is 13.5. The number of aryl methyl sites for hydroxylation is 2. The third kappa shape index (κ3) is 4.31. The van der Waals surface area contributed by atoms with Crippen LogP contribution in [0, 0.1) is 13.8 Å². The van der Waals surface area contributed by atoms with Gasteiger partial charge in [0.05, 0.1) is 0 Å². The number of hydrogen-bond donors (Lipinski definition) is 5. The summed E-state index contributed by atoms with van der Waals surface area (Å²) in [7, 11) is 0. The van der Waals surface area contributed by atoms with Gasteiger partial charge in [0, 0.05) is 0 Å². The van der Waals surface area contributed by atoms with E-state index in [-0.39, 0.29) is 39.0 Å². The number of carboxylic acids is 3. The first-order chi connectivity index (χ1) is 16.3. The van der Waals surface area contributed by atoms with Crippen molar-refractivity contribution in [3.8, 4) is 11.5 Å². The van der Waals surface area contributed by atoms with E-state index in [1.807, 2.05) is 0 Å². The molecule has 35 heavy (non-hydrogen) atoms. The minimum absolute atomic E-state index is 0.0997. The van der Waals surface area contributed by atoms with Gasteiger partial charge in [0.2, 0.25) is 0 Å². The van der Waals surface area contributed by atoms with Gasteiger partial charge in [0.25, 0.3) is 0 Å². The van der Waals surface area contributed by atoms with Gasteiger partial charge >= 0.3 is 17.9 Å². The van der Waals surface area contributed by atoms with Crippen LogP contribution in [0.1, 0.15) is 56.8 Å². The number of aromatic carboxylic acids is 2. The molecule has 0 aliphatic heterocycles. The smallest absolute Gasteiger partial charge is 0.339 e. The van der Waals surface area contributed by atoms with Crippen LogP contribution in [0.25, 0.3) is 5.57 Å². The lowest BCUT2D eigenvalue weighted by molar-refractivity contribution is -0.134. The monoisotopic (exact) mass is 478 g/mol. The van der Waals surface area contributed by atoms with Crippen molar-refractivity contribution in [1.82, 2.24) is 0 Å². The van der Waals surface area contributed by atoms with Crippen LogP contribution in [-0.2, 0) is 9.59 Å². The molecule has 1 aliphatic rings. The largest absolute Gasteiger partial charge is 0.507 e. The predicted octanol–water partition coefficient (Wildman–Crippen LogP) is 3.84. The van der Waals surface area contributed by atoms with Gasteiger partial charge in [-0.15, -0.1) is 0 Å². The Morgan fingerprint density at radius 3 is 1.49 bits per heavy atom. The fourth-order valence-electron chi connectivity index (χ4n) is 4.23. The summed E-state index contributed by atoms with van der Waals surface area (Å²) in [6.45, 7) is 5.98. The molecule has 0 heterocycles. The van der Waals surface area contributed by atoms with E-state index in [2.05, 4.69) is 0 Å². The molecule has 9 nitrogen and oxygen atoms in total. The highest BCUT2D eigenvalue weighted by Crippen LogP contribution is 2.41. The summed E-state index contributed by atoms with van der Waals surface area (Å²) in [5.41, 5.74) is 0.568. The van der Waals surface area contributed by atoms with E-state index in [0.29, 0.717) is 5.57 Å². The minimum Gasteiger partial charge on any atom is -0.507 e. The first kappa shape index (κ1) is 25.0. The van der Waals surface area contributed by atoms with E-state index in [1.54, 1.807) is 6.92 Å². The summed E-state index contributed by atoms with van der Waals surface area (Å²) in [5, 5.41) is 49.4. The first-order valence-corrected chi connectivity index (χ1v) is 10.3. The molecule has 0 bridgehead atoms. The molecule has 1 aliphatic carbocycles. The number of hydrogen-bond acceptors (Lipinski definition) is 6. The maximum Gasteiger partial charge on any atom is 0.339 e. The zero-order valence-corrected chi connectivity index (χ0v) is 19.3. The molecule has 5 N–H and O–H groups in total. The van der Waals surface area contributed by atoms with Crippen molar-refractivity contribution in [2.45, 2.75) is 27.7 Å². The fraction of sp³-hybridized carbons (Fsp3) is 0.154. The average molecular weight is 478 g/mol. The van der Waals surface area contributed by atoms with E-state index < -0.39 is 51.9 Å². The zero-order chi connectivity index (χ0) is 26.4. The number of carbonyl (C=O) groups is 4. The lowest BCUT2D eigenvalue weighted by atomic mass is 9.79. The van der Waals surface area contributed by atoms with Crippen molar-refractivity contribution < 1.29 is 44.7 Å². The van der Waals surface area contributed by atoms with Gasteiger partial charge in [-0.2, -0.15) is 0 Å². The number of rotatable bonds is 5. The lowest BCUT2D eigenvalue weighted by Gasteiger charge is -2.23. The molecular formula is C26H22O9. The molecule has 0 radical (unpaired) electrons. The SMILES string of the molecule is CC1=CC(=O)C(C(=O)O)=C(C)C1=C(c1cc(C)c(O)c(C(=O)O)c1)c1cc(C)c(O)c(C(=O)O)c1. The molecule has 180 valence electrons. The molecule has 0 saturated carbocycles. The van der Waals surface area contributed by atoms with Crippen LogP contribution in [0.5, 0.6) is 11.5 Å². The van der Waals surface area contributed by atoms with Gasteiger partial charge < -0.3 is 25.5 Å². The average Bonchev–Trinajstić information content (AvgIpc) is 2.74. The third-order valence-corrected chi connectivity index (χ3v) is 5.84. The molecule has 0 unspecified atom stereocenters. The Labute approximate surface area is 199 Å². The molecule has 2 aromatic carbocycles. The topological polar surface area (TPSA) is 169 Å². The highest BCUT2D eigenvalue weighted by molar-refractivity contribution is 6.24. The lowest BCUT2D eigenvalue weighted by Crippen LogP contribution is -2.18. The van der Waals surface area contributed by atoms with Crippen LogP contribution in [0.2, 0.25) is 0 Å². The van der Waals surface area contributed by atoms with Crippen LogP contribution < -0.4 is 0 Å². The maximum atomic E-state index is 12.4. The van der Waals surface area contributed by atoms with Crippen molar-refractivity contribution in [2.24, 2.45) is 0 Å². The van der Waals surface area contributed by atoms with Gasteiger partial charge in [0.15, 0.2) is 5.78 Å². The van der Waals surface area contributed by atoms with Crippen LogP contribution in [0.15, 0.2) is 52.6 Å². The van der Waals surface area contributed by atoms with Gasteiger partial charge in [-0.25, -0.2) is 14.4 Å². The van der Waals surface area contributed by atoms with E-state index in [4.69, 9.17) is 0 Å². The van der Waals surface area contributed by atoms with Gasteiger partial charge in [-0.1, -0.05) is 0 Å². The molecule has 0 saturated heterocycles. The molecule has 0 atom stereocenters. The number of carboxylic acid groups (broad SMARTS) is 3. The van der Waals surface area contributed by atoms with Gasteiger partial charge in [-0.3, -0.25) is 4.79 Å². The van der Waals surface area contributed by atoms with Gasteiger partial charge in [0.1, 0.15) is 28.2 Å². The second-order valence-corrected chi connectivity index (χ2v) is 8.24. The Balaban J connectivity index is 2.59. The number of benzene rings is 2. The van der Waals surface area contributed by atoms with Crippen LogP contribution >= 0.6 is 0 Å². The summed E-state index contributed by atoms with van der Waals surface area (Å²) in [6, 6.07) is 5.33. The second-order valence-electron chi connectivity index (χ2n) is 8.24. The Bertz CT molecular complexity index is 1360. The molecule has 0 spiro atoms. The fourth-order valence-corrected chi connectivity index (χ4v) is 4.23.